The molecule has 1 amide bonds. The molecule has 7 heteroatoms. The Bertz CT molecular complexity index is 812. The van der Waals surface area contributed by atoms with Gasteiger partial charge in [0.2, 0.25) is 0 Å². The number of primary amides is 1. The lowest BCUT2D eigenvalue weighted by molar-refractivity contribution is -0.119. The van der Waals surface area contributed by atoms with Gasteiger partial charge in [-0.2, -0.15) is 0 Å². The fraction of sp³-hybridized carbons (Fsp3) is 0.391. The number of nitrogens with two attached hydrogens (primary N) is 1. The Balaban J connectivity index is 0.00000320. The van der Waals surface area contributed by atoms with Crippen LogP contribution in [0.3, 0.4) is 0 Å². The number of carbonyl (C=O) groups is 1. The van der Waals surface area contributed by atoms with Gasteiger partial charge in [-0.15, -0.1) is 24.0 Å². The van der Waals surface area contributed by atoms with Gasteiger partial charge >= 0.3 is 0 Å². The molecule has 1 fully saturated rings. The van der Waals surface area contributed by atoms with Crippen LogP contribution in [0.5, 0.6) is 5.75 Å². The van der Waals surface area contributed by atoms with Crippen LogP contribution >= 0.6 is 24.0 Å². The van der Waals surface area contributed by atoms with Gasteiger partial charge in [0, 0.05) is 32.1 Å². The molecule has 30 heavy (non-hydrogen) atoms. The van der Waals surface area contributed by atoms with E-state index in [0.717, 1.165) is 45.0 Å². The number of hydrogen-bond acceptors (Lipinski definition) is 3. The molecule has 1 unspecified atom stereocenters. The molecule has 1 aliphatic heterocycles. The SMILES string of the molecule is CCNC(=NCCc1ccc(OCC(N)=O)cc1)N1CCC(c2ccccc2)C1.I. The maximum absolute atomic E-state index is 10.8. The minimum absolute atomic E-state index is 0. The lowest BCUT2D eigenvalue weighted by Crippen LogP contribution is -2.40. The molecule has 1 heterocycles. The predicted octanol–water partition coefficient (Wildman–Crippen LogP) is 3.17. The van der Waals surface area contributed by atoms with Crippen LogP contribution in [0.15, 0.2) is 59.6 Å². The summed E-state index contributed by atoms with van der Waals surface area (Å²) < 4.78 is 5.29. The van der Waals surface area contributed by atoms with Crippen molar-refractivity contribution in [3.8, 4) is 5.75 Å². The number of nitrogens with zero attached hydrogens (tertiary/aromatic N) is 2. The Morgan fingerprint density at radius 3 is 2.60 bits per heavy atom. The lowest BCUT2D eigenvalue weighted by atomic mass is 9.99. The van der Waals surface area contributed by atoms with E-state index in [0.29, 0.717) is 11.7 Å². The topological polar surface area (TPSA) is 80.0 Å². The van der Waals surface area contributed by atoms with Gasteiger partial charge in [0.25, 0.3) is 5.91 Å². The summed E-state index contributed by atoms with van der Waals surface area (Å²) in [4.78, 5) is 18.0. The summed E-state index contributed by atoms with van der Waals surface area (Å²) in [6.45, 7) is 5.60. The van der Waals surface area contributed by atoms with Crippen LogP contribution in [0.4, 0.5) is 0 Å². The highest BCUT2D eigenvalue weighted by Gasteiger charge is 2.25. The summed E-state index contributed by atoms with van der Waals surface area (Å²) in [7, 11) is 0. The summed E-state index contributed by atoms with van der Waals surface area (Å²) in [6.07, 6.45) is 2.00. The molecule has 1 aliphatic rings. The van der Waals surface area contributed by atoms with Gasteiger partial charge in [0.1, 0.15) is 5.75 Å². The molecular weight excluding hydrogens is 491 g/mol. The average molecular weight is 522 g/mol. The van der Waals surface area contributed by atoms with Crippen molar-refractivity contribution in [2.45, 2.75) is 25.7 Å². The van der Waals surface area contributed by atoms with Crippen molar-refractivity contribution in [1.29, 1.82) is 0 Å². The first kappa shape index (κ1) is 24.0. The quantitative estimate of drug-likeness (QED) is 0.317. The summed E-state index contributed by atoms with van der Waals surface area (Å²) in [5, 5.41) is 3.43. The zero-order valence-corrected chi connectivity index (χ0v) is 19.8. The molecule has 1 atom stereocenters. The second kappa shape index (κ2) is 12.4. The summed E-state index contributed by atoms with van der Waals surface area (Å²) in [5.74, 6) is 1.73. The van der Waals surface area contributed by atoms with Crippen LogP contribution in [0.1, 0.15) is 30.4 Å². The van der Waals surface area contributed by atoms with E-state index in [4.69, 9.17) is 15.5 Å². The fourth-order valence-corrected chi connectivity index (χ4v) is 3.57. The molecule has 0 saturated carbocycles. The molecule has 0 bridgehead atoms. The number of likely N-dealkylation sites (tertiary alicyclic amines) is 1. The average Bonchev–Trinajstić information content (AvgIpc) is 3.23. The van der Waals surface area contributed by atoms with E-state index in [9.17, 15) is 4.79 Å². The molecular formula is C23H31IN4O2. The molecule has 1 saturated heterocycles. The molecule has 2 aromatic carbocycles. The van der Waals surface area contributed by atoms with Crippen LogP contribution in [-0.4, -0.2) is 49.6 Å². The fourth-order valence-electron chi connectivity index (χ4n) is 3.57. The minimum atomic E-state index is -0.476. The normalized spacial score (nSPS) is 16.1. The summed E-state index contributed by atoms with van der Waals surface area (Å²) in [5.41, 5.74) is 7.68. The van der Waals surface area contributed by atoms with Crippen molar-refractivity contribution in [3.63, 3.8) is 0 Å². The molecule has 0 aromatic heterocycles. The van der Waals surface area contributed by atoms with Crippen molar-refractivity contribution in [1.82, 2.24) is 10.2 Å². The lowest BCUT2D eigenvalue weighted by Gasteiger charge is -2.21. The Labute approximate surface area is 195 Å². The number of guanidine groups is 1. The van der Waals surface area contributed by atoms with E-state index >= 15 is 0 Å². The Morgan fingerprint density at radius 1 is 1.20 bits per heavy atom. The van der Waals surface area contributed by atoms with Gasteiger partial charge < -0.3 is 20.7 Å². The zero-order valence-electron chi connectivity index (χ0n) is 17.4. The van der Waals surface area contributed by atoms with E-state index in [-0.39, 0.29) is 30.6 Å². The number of aliphatic imine (C=N–C) groups is 1. The highest BCUT2D eigenvalue weighted by Crippen LogP contribution is 2.26. The molecule has 162 valence electrons. The molecule has 0 aliphatic carbocycles. The number of hydrogen-bond donors (Lipinski definition) is 2. The maximum atomic E-state index is 10.8. The first-order chi connectivity index (χ1) is 14.2. The standard InChI is InChI=1S/C23H30N4O2.HI/c1-2-25-23(27-15-13-20(16-27)19-6-4-3-5-7-19)26-14-12-18-8-10-21(11-9-18)29-17-22(24)28;/h3-11,20H,2,12-17H2,1H3,(H2,24,28)(H,25,26);1H. The van der Waals surface area contributed by atoms with Crippen LogP contribution in [-0.2, 0) is 11.2 Å². The molecule has 3 N–H and O–H groups in total. The molecule has 0 spiro atoms. The van der Waals surface area contributed by atoms with Crippen molar-refractivity contribution in [3.05, 3.63) is 65.7 Å². The van der Waals surface area contributed by atoms with Gasteiger partial charge in [-0.3, -0.25) is 9.79 Å². The van der Waals surface area contributed by atoms with Gasteiger partial charge in [-0.1, -0.05) is 42.5 Å². The van der Waals surface area contributed by atoms with Crippen LogP contribution in [0, 0.1) is 0 Å². The number of amides is 1. The number of carbonyl (C=O) groups excluding carboxylic acids is 1. The van der Waals surface area contributed by atoms with Crippen molar-refractivity contribution < 1.29 is 9.53 Å². The molecule has 0 radical (unpaired) electrons. The minimum Gasteiger partial charge on any atom is -0.484 e. The first-order valence-corrected chi connectivity index (χ1v) is 10.2. The van der Waals surface area contributed by atoms with Gasteiger partial charge in [0.05, 0.1) is 0 Å². The summed E-state index contributed by atoms with van der Waals surface area (Å²) in [6, 6.07) is 18.4. The second-order valence-electron chi connectivity index (χ2n) is 7.23. The van der Waals surface area contributed by atoms with Crippen LogP contribution in [0.2, 0.25) is 0 Å². The number of nitrogens with one attached hydrogen (secondary N) is 1. The molecule has 6 nitrogen and oxygen atoms in total. The van der Waals surface area contributed by atoms with Gasteiger partial charge in [0.15, 0.2) is 12.6 Å². The number of ether oxygens (including phenoxy) is 1. The van der Waals surface area contributed by atoms with Crippen molar-refractivity contribution in [2.24, 2.45) is 10.7 Å². The number of benzene rings is 2. The highest BCUT2D eigenvalue weighted by molar-refractivity contribution is 14.0. The summed E-state index contributed by atoms with van der Waals surface area (Å²) >= 11 is 0. The zero-order chi connectivity index (χ0) is 20.5. The van der Waals surface area contributed by atoms with Crippen molar-refractivity contribution >= 4 is 35.8 Å². The Hall–Kier alpha value is -2.29. The van der Waals surface area contributed by atoms with Crippen LogP contribution in [0.25, 0.3) is 0 Å². The van der Waals surface area contributed by atoms with Crippen LogP contribution < -0.4 is 15.8 Å². The van der Waals surface area contributed by atoms with E-state index in [1.54, 1.807) is 0 Å². The monoisotopic (exact) mass is 522 g/mol. The maximum Gasteiger partial charge on any atom is 0.255 e. The van der Waals surface area contributed by atoms with E-state index in [1.165, 1.54) is 11.1 Å². The highest BCUT2D eigenvalue weighted by atomic mass is 127. The van der Waals surface area contributed by atoms with E-state index in [2.05, 4.69) is 47.5 Å². The first-order valence-electron chi connectivity index (χ1n) is 10.2. The Morgan fingerprint density at radius 2 is 1.93 bits per heavy atom. The van der Waals surface area contributed by atoms with Crippen molar-refractivity contribution in [2.75, 3.05) is 32.8 Å². The number of halogens is 1. The molecule has 3 rings (SSSR count). The third kappa shape index (κ3) is 7.19. The van der Waals surface area contributed by atoms with E-state index in [1.807, 2.05) is 24.3 Å². The van der Waals surface area contributed by atoms with E-state index < -0.39 is 5.91 Å². The largest absolute Gasteiger partial charge is 0.484 e. The second-order valence-corrected chi connectivity index (χ2v) is 7.23. The molecule has 2 aromatic rings. The smallest absolute Gasteiger partial charge is 0.255 e. The predicted molar refractivity (Wildman–Crippen MR) is 132 cm³/mol. The van der Waals surface area contributed by atoms with Gasteiger partial charge in [-0.25, -0.2) is 0 Å². The Kier molecular flexibility index (Phi) is 9.93. The van der Waals surface area contributed by atoms with Gasteiger partial charge in [-0.05, 0) is 43.0 Å². The number of rotatable bonds is 8. The third-order valence-corrected chi connectivity index (χ3v) is 5.06. The third-order valence-electron chi connectivity index (χ3n) is 5.06.